The van der Waals surface area contributed by atoms with Gasteiger partial charge in [0, 0.05) is 0 Å². The van der Waals surface area contributed by atoms with E-state index in [0.29, 0.717) is 0 Å². The second kappa shape index (κ2) is 12.9. The molecule has 0 aromatic carbocycles. The third-order valence-electron chi connectivity index (χ3n) is 3.95. The molecule has 0 nitrogen and oxygen atoms in total. The largest absolute Gasteiger partial charge is 0.122 e. The summed E-state index contributed by atoms with van der Waals surface area (Å²) in [5.74, 6) is 2.05. The lowest BCUT2D eigenvalue weighted by atomic mass is 10.0. The molecule has 0 aromatic heterocycles. The Balaban J connectivity index is 3.61. The Morgan fingerprint density at radius 1 is 0.706 bits per heavy atom. The minimum absolute atomic E-state index is 1.02. The van der Waals surface area contributed by atoms with Gasteiger partial charge in [-0.25, -0.2) is 0 Å². The maximum absolute atomic E-state index is 2.37. The maximum atomic E-state index is 2.37. The van der Waals surface area contributed by atoms with Gasteiger partial charge in [-0.1, -0.05) is 79.1 Å². The molecule has 0 spiro atoms. The van der Waals surface area contributed by atoms with Crippen LogP contribution >= 0.6 is 8.58 Å². The normalized spacial score (nSPS) is 15.5. The van der Waals surface area contributed by atoms with Crippen LogP contribution in [0.25, 0.3) is 0 Å². The molecule has 1 heteroatoms. The van der Waals surface area contributed by atoms with Crippen molar-refractivity contribution in [1.82, 2.24) is 0 Å². The van der Waals surface area contributed by atoms with Gasteiger partial charge in [-0.3, -0.25) is 0 Å². The third-order valence-corrected chi connectivity index (χ3v) is 5.68. The molecule has 0 N–H and O–H groups in total. The van der Waals surface area contributed by atoms with Crippen LogP contribution in [0.1, 0.15) is 79.1 Å². The minimum atomic E-state index is 1.02. The zero-order chi connectivity index (χ0) is 12.9. The lowest BCUT2D eigenvalue weighted by Gasteiger charge is -2.18. The highest BCUT2D eigenvalue weighted by Crippen LogP contribution is 2.27. The minimum Gasteiger partial charge on any atom is -0.122 e. The molecule has 0 heterocycles. The fourth-order valence-electron chi connectivity index (χ4n) is 2.38. The van der Waals surface area contributed by atoms with Crippen LogP contribution in [0.2, 0.25) is 0 Å². The van der Waals surface area contributed by atoms with Crippen molar-refractivity contribution < 1.29 is 0 Å². The Labute approximate surface area is 112 Å². The molecule has 0 saturated heterocycles. The van der Waals surface area contributed by atoms with Crippen LogP contribution in [-0.2, 0) is 0 Å². The van der Waals surface area contributed by atoms with E-state index in [0.717, 1.165) is 11.8 Å². The summed E-state index contributed by atoms with van der Waals surface area (Å²) in [5, 5.41) is 0. The van der Waals surface area contributed by atoms with Crippen molar-refractivity contribution in [3.63, 3.8) is 0 Å². The van der Waals surface area contributed by atoms with Crippen LogP contribution in [-0.4, -0.2) is 12.3 Å². The second-order valence-corrected chi connectivity index (χ2v) is 6.81. The number of rotatable bonds is 12. The molecule has 0 aliphatic carbocycles. The highest BCUT2D eigenvalue weighted by molar-refractivity contribution is 7.38. The van der Waals surface area contributed by atoms with Crippen LogP contribution in [0.3, 0.4) is 0 Å². The van der Waals surface area contributed by atoms with Gasteiger partial charge < -0.3 is 0 Å². The molecule has 0 amide bonds. The van der Waals surface area contributed by atoms with Gasteiger partial charge in [0.2, 0.25) is 0 Å². The highest BCUT2D eigenvalue weighted by Gasteiger charge is 2.09. The summed E-state index contributed by atoms with van der Waals surface area (Å²) in [6, 6.07) is 0. The van der Waals surface area contributed by atoms with E-state index in [1.165, 1.54) is 72.3 Å². The number of hydrogen-bond donors (Lipinski definition) is 0. The summed E-state index contributed by atoms with van der Waals surface area (Å²) < 4.78 is 0. The van der Waals surface area contributed by atoms with E-state index in [9.17, 15) is 0 Å². The molecule has 0 aliphatic rings. The van der Waals surface area contributed by atoms with Crippen molar-refractivity contribution in [2.24, 2.45) is 11.8 Å². The Hall–Kier alpha value is 0.430. The first-order valence-electron chi connectivity index (χ1n) is 7.99. The van der Waals surface area contributed by atoms with Crippen LogP contribution in [0.4, 0.5) is 0 Å². The molecule has 0 rings (SSSR count). The Morgan fingerprint density at radius 2 is 1.12 bits per heavy atom. The summed E-state index contributed by atoms with van der Waals surface area (Å²) in [6.45, 7) is 9.37. The van der Waals surface area contributed by atoms with E-state index in [4.69, 9.17) is 0 Å². The van der Waals surface area contributed by atoms with E-state index in [1.807, 2.05) is 0 Å². The summed E-state index contributed by atoms with van der Waals surface area (Å²) in [4.78, 5) is 0. The molecule has 0 saturated carbocycles. The summed E-state index contributed by atoms with van der Waals surface area (Å²) in [6.07, 6.45) is 14.4. The molecule has 0 bridgehead atoms. The predicted molar refractivity (Wildman–Crippen MR) is 84.7 cm³/mol. The lowest BCUT2D eigenvalue weighted by molar-refractivity contribution is 0.486. The smallest absolute Gasteiger partial charge is 0.0325 e. The van der Waals surface area contributed by atoms with Crippen LogP contribution < -0.4 is 0 Å². The van der Waals surface area contributed by atoms with Crippen molar-refractivity contribution in [3.05, 3.63) is 0 Å². The van der Waals surface area contributed by atoms with Gasteiger partial charge in [0.15, 0.2) is 0 Å². The van der Waals surface area contributed by atoms with Crippen LogP contribution in [0, 0.1) is 11.8 Å². The first kappa shape index (κ1) is 17.4. The highest BCUT2D eigenvalue weighted by atomic mass is 31.1. The summed E-state index contributed by atoms with van der Waals surface area (Å²) in [5.41, 5.74) is 0. The topological polar surface area (TPSA) is 0 Å². The Bertz CT molecular complexity index is 128. The van der Waals surface area contributed by atoms with Crippen molar-refractivity contribution in [1.29, 1.82) is 0 Å². The quantitative estimate of drug-likeness (QED) is 0.371. The van der Waals surface area contributed by atoms with Gasteiger partial charge in [0.1, 0.15) is 0 Å². The van der Waals surface area contributed by atoms with Crippen molar-refractivity contribution in [3.8, 4) is 0 Å². The fourth-order valence-corrected chi connectivity index (χ4v) is 4.35. The molecule has 2 atom stereocenters. The molecule has 0 radical (unpaired) electrons. The standard InChI is InChI=1S/C16H35P/c1-5-9-11-15(7-3)13-17-14-16(8-4)12-10-6-2/h15-17H,5-14H2,1-4H3. The second-order valence-electron chi connectivity index (χ2n) is 5.49. The molecule has 104 valence electrons. The average Bonchev–Trinajstić information content (AvgIpc) is 2.37. The molecule has 0 aliphatic heterocycles. The van der Waals surface area contributed by atoms with Gasteiger partial charge in [-0.15, -0.1) is 8.58 Å². The van der Waals surface area contributed by atoms with Gasteiger partial charge in [0.05, 0.1) is 0 Å². The molecule has 17 heavy (non-hydrogen) atoms. The zero-order valence-corrected chi connectivity index (χ0v) is 13.7. The van der Waals surface area contributed by atoms with E-state index in [1.54, 1.807) is 0 Å². The van der Waals surface area contributed by atoms with Gasteiger partial charge in [-0.2, -0.15) is 0 Å². The zero-order valence-electron chi connectivity index (χ0n) is 12.7. The summed E-state index contributed by atoms with van der Waals surface area (Å²) >= 11 is 0. The van der Waals surface area contributed by atoms with E-state index in [-0.39, 0.29) is 0 Å². The third kappa shape index (κ3) is 10.1. The van der Waals surface area contributed by atoms with Gasteiger partial charge in [0.25, 0.3) is 0 Å². The van der Waals surface area contributed by atoms with Crippen molar-refractivity contribution in [2.75, 3.05) is 12.3 Å². The molecule has 0 fully saturated rings. The fraction of sp³-hybridized carbons (Fsp3) is 1.00. The Kier molecular flexibility index (Phi) is 13.2. The van der Waals surface area contributed by atoms with Gasteiger partial charge >= 0.3 is 0 Å². The van der Waals surface area contributed by atoms with Crippen LogP contribution in [0.5, 0.6) is 0 Å². The van der Waals surface area contributed by atoms with E-state index >= 15 is 0 Å². The van der Waals surface area contributed by atoms with Crippen molar-refractivity contribution >= 4 is 8.58 Å². The van der Waals surface area contributed by atoms with Crippen LogP contribution in [0.15, 0.2) is 0 Å². The van der Waals surface area contributed by atoms with E-state index in [2.05, 4.69) is 27.7 Å². The first-order valence-corrected chi connectivity index (χ1v) is 9.40. The van der Waals surface area contributed by atoms with E-state index < -0.39 is 0 Å². The van der Waals surface area contributed by atoms with Crippen molar-refractivity contribution in [2.45, 2.75) is 79.1 Å². The molecule has 2 unspecified atom stereocenters. The number of unbranched alkanes of at least 4 members (excludes halogenated alkanes) is 2. The lowest BCUT2D eigenvalue weighted by Crippen LogP contribution is -2.06. The first-order chi connectivity index (χ1) is 8.28. The number of hydrogen-bond acceptors (Lipinski definition) is 0. The Morgan fingerprint density at radius 3 is 1.41 bits per heavy atom. The summed E-state index contributed by atoms with van der Waals surface area (Å²) in [7, 11) is 1.23. The molecule has 0 aromatic rings. The SMILES string of the molecule is CCCCC(CC)CPCC(CC)CCCC. The molecular formula is C16H35P. The average molecular weight is 258 g/mol. The molecular weight excluding hydrogens is 223 g/mol. The maximum Gasteiger partial charge on any atom is -0.0325 e. The monoisotopic (exact) mass is 258 g/mol. The van der Waals surface area contributed by atoms with Gasteiger partial charge in [-0.05, 0) is 24.2 Å². The predicted octanol–water partition coefficient (Wildman–Crippen LogP) is 6.10.